The highest BCUT2D eigenvalue weighted by Crippen LogP contribution is 2.24. The van der Waals surface area contributed by atoms with Gasteiger partial charge in [0.15, 0.2) is 0 Å². The van der Waals surface area contributed by atoms with E-state index in [4.69, 9.17) is 0 Å². The van der Waals surface area contributed by atoms with Crippen LogP contribution in [0.2, 0.25) is 0 Å². The Bertz CT molecular complexity index is 846. The first-order chi connectivity index (χ1) is 13.7. The Morgan fingerprint density at radius 2 is 1.59 bits per heavy atom. The zero-order valence-corrected chi connectivity index (χ0v) is 19.5. The van der Waals surface area contributed by atoms with Crippen molar-refractivity contribution in [2.75, 3.05) is 13.1 Å². The summed E-state index contributed by atoms with van der Waals surface area (Å²) in [4.78, 5) is 27.2. The van der Waals surface area contributed by atoms with Gasteiger partial charge in [-0.05, 0) is 76.2 Å². The topological polar surface area (TPSA) is 49.4 Å². The lowest BCUT2D eigenvalue weighted by Gasteiger charge is -2.31. The number of benzene rings is 2. The smallest absolute Gasteiger partial charge is 0.253 e. The highest BCUT2D eigenvalue weighted by atomic mass is 127. The number of nitrogens with zero attached hydrogens (tertiary/aromatic N) is 1. The predicted octanol–water partition coefficient (Wildman–Crippen LogP) is 4.76. The van der Waals surface area contributed by atoms with Crippen molar-refractivity contribution in [3.63, 3.8) is 0 Å². The summed E-state index contributed by atoms with van der Waals surface area (Å²) < 4.78 is 1.18. The van der Waals surface area contributed by atoms with Crippen LogP contribution >= 0.6 is 22.6 Å². The molecule has 1 heterocycles. The van der Waals surface area contributed by atoms with Crippen molar-refractivity contribution in [3.8, 4) is 0 Å². The van der Waals surface area contributed by atoms with Crippen molar-refractivity contribution in [2.24, 2.45) is 5.92 Å². The van der Waals surface area contributed by atoms with E-state index in [1.54, 1.807) is 0 Å². The Kier molecular flexibility index (Phi) is 6.98. The van der Waals surface area contributed by atoms with Crippen LogP contribution in [0.25, 0.3) is 0 Å². The number of piperidine rings is 1. The minimum absolute atomic E-state index is 0.0221. The van der Waals surface area contributed by atoms with Crippen molar-refractivity contribution < 1.29 is 9.59 Å². The number of carbonyl (C=O) groups excluding carboxylic acids is 2. The number of carbonyl (C=O) groups is 2. The second-order valence-corrected chi connectivity index (χ2v) is 9.98. The van der Waals surface area contributed by atoms with Gasteiger partial charge in [-0.15, -0.1) is 0 Å². The number of hydrogen-bond donors (Lipinski definition) is 1. The molecule has 2 aromatic carbocycles. The largest absolute Gasteiger partial charge is 0.352 e. The fourth-order valence-electron chi connectivity index (χ4n) is 3.58. The molecule has 1 fully saturated rings. The van der Waals surface area contributed by atoms with Crippen LogP contribution in [0.15, 0.2) is 48.5 Å². The second-order valence-electron chi connectivity index (χ2n) is 8.74. The zero-order chi connectivity index (χ0) is 21.0. The van der Waals surface area contributed by atoms with Gasteiger partial charge in [-0.1, -0.05) is 45.0 Å². The van der Waals surface area contributed by atoms with Gasteiger partial charge in [0, 0.05) is 34.7 Å². The molecule has 2 aromatic rings. The second kappa shape index (κ2) is 9.28. The normalized spacial score (nSPS) is 15.2. The van der Waals surface area contributed by atoms with Crippen LogP contribution in [0.1, 0.15) is 55.1 Å². The Hall–Kier alpha value is -1.89. The van der Waals surface area contributed by atoms with Gasteiger partial charge in [-0.2, -0.15) is 0 Å². The molecule has 1 saturated heterocycles. The Morgan fingerprint density at radius 3 is 2.14 bits per heavy atom. The average molecular weight is 504 g/mol. The summed E-state index contributed by atoms with van der Waals surface area (Å²) in [5, 5.41) is 3.04. The number of amides is 2. The monoisotopic (exact) mass is 504 g/mol. The molecular formula is C24H29IN2O2. The third-order valence-corrected chi connectivity index (χ3v) is 6.25. The molecule has 0 radical (unpaired) electrons. The van der Waals surface area contributed by atoms with Gasteiger partial charge in [-0.25, -0.2) is 0 Å². The molecule has 0 saturated carbocycles. The van der Waals surface area contributed by atoms with Gasteiger partial charge in [0.1, 0.15) is 0 Å². The Labute approximate surface area is 187 Å². The van der Waals surface area contributed by atoms with E-state index < -0.39 is 0 Å². The molecule has 2 amide bonds. The number of halogens is 1. The summed E-state index contributed by atoms with van der Waals surface area (Å²) in [6, 6.07) is 16.1. The number of nitrogens with one attached hydrogen (secondary N) is 1. The van der Waals surface area contributed by atoms with Crippen molar-refractivity contribution in [2.45, 2.75) is 45.6 Å². The molecule has 1 N–H and O–H groups in total. The van der Waals surface area contributed by atoms with E-state index in [1.165, 1.54) is 9.13 Å². The zero-order valence-electron chi connectivity index (χ0n) is 17.4. The summed E-state index contributed by atoms with van der Waals surface area (Å²) in [5.74, 6) is 0.125. The van der Waals surface area contributed by atoms with Crippen LogP contribution < -0.4 is 5.32 Å². The lowest BCUT2D eigenvalue weighted by atomic mass is 9.86. The molecule has 0 aliphatic carbocycles. The summed E-state index contributed by atoms with van der Waals surface area (Å²) in [6.07, 6.45) is 1.43. The molecule has 0 atom stereocenters. The van der Waals surface area contributed by atoms with Crippen LogP contribution in [-0.4, -0.2) is 29.8 Å². The fourth-order valence-corrected chi connectivity index (χ4v) is 3.94. The van der Waals surface area contributed by atoms with Crippen molar-refractivity contribution >= 4 is 34.4 Å². The first-order valence-electron chi connectivity index (χ1n) is 10.2. The van der Waals surface area contributed by atoms with Crippen LogP contribution in [0.5, 0.6) is 0 Å². The number of hydrogen-bond acceptors (Lipinski definition) is 2. The molecule has 29 heavy (non-hydrogen) atoms. The van der Waals surface area contributed by atoms with Crippen LogP contribution in [-0.2, 0) is 16.8 Å². The molecular weight excluding hydrogens is 475 g/mol. The maximum absolute atomic E-state index is 12.8. The molecule has 154 valence electrons. The molecule has 0 unspecified atom stereocenters. The van der Waals surface area contributed by atoms with E-state index in [0.717, 1.165) is 11.1 Å². The summed E-state index contributed by atoms with van der Waals surface area (Å²) in [7, 11) is 0. The van der Waals surface area contributed by atoms with Gasteiger partial charge < -0.3 is 10.2 Å². The van der Waals surface area contributed by atoms with E-state index in [9.17, 15) is 9.59 Å². The quantitative estimate of drug-likeness (QED) is 0.611. The number of likely N-dealkylation sites (tertiary alicyclic amines) is 1. The van der Waals surface area contributed by atoms with Gasteiger partial charge in [0.25, 0.3) is 5.91 Å². The minimum Gasteiger partial charge on any atom is -0.352 e. The molecule has 3 rings (SSSR count). The molecule has 0 bridgehead atoms. The van der Waals surface area contributed by atoms with Crippen LogP contribution in [0.4, 0.5) is 0 Å². The van der Waals surface area contributed by atoms with E-state index in [0.29, 0.717) is 32.5 Å². The molecule has 0 aromatic heterocycles. The first kappa shape index (κ1) is 21.8. The molecule has 1 aliphatic heterocycles. The fraction of sp³-hybridized carbons (Fsp3) is 0.417. The number of rotatable bonds is 4. The Morgan fingerprint density at radius 1 is 1.00 bits per heavy atom. The van der Waals surface area contributed by atoms with E-state index in [-0.39, 0.29) is 23.1 Å². The van der Waals surface area contributed by atoms with Gasteiger partial charge in [-0.3, -0.25) is 9.59 Å². The maximum Gasteiger partial charge on any atom is 0.253 e. The summed E-state index contributed by atoms with van der Waals surface area (Å²) in [6.45, 7) is 8.30. The molecule has 0 spiro atoms. The van der Waals surface area contributed by atoms with Crippen LogP contribution in [0.3, 0.4) is 0 Å². The van der Waals surface area contributed by atoms with Crippen molar-refractivity contribution in [1.29, 1.82) is 0 Å². The molecule has 5 heteroatoms. The van der Waals surface area contributed by atoms with E-state index in [2.05, 4.69) is 48.7 Å². The standard InChI is InChI=1S/C24H29IN2O2/c1-24(2,3)20-8-6-19(7-9-20)23(29)27-14-12-18(13-15-27)22(28)26-16-17-4-10-21(25)11-5-17/h4-11,18H,12-16H2,1-3H3,(H,26,28). The summed E-state index contributed by atoms with van der Waals surface area (Å²) >= 11 is 2.27. The summed E-state index contributed by atoms with van der Waals surface area (Å²) in [5.41, 5.74) is 3.12. The SMILES string of the molecule is CC(C)(C)c1ccc(C(=O)N2CCC(C(=O)NCc3ccc(I)cc3)CC2)cc1. The lowest BCUT2D eigenvalue weighted by molar-refractivity contribution is -0.126. The highest BCUT2D eigenvalue weighted by Gasteiger charge is 2.28. The Balaban J connectivity index is 1.49. The van der Waals surface area contributed by atoms with Crippen LogP contribution in [0, 0.1) is 9.49 Å². The third-order valence-electron chi connectivity index (χ3n) is 5.53. The van der Waals surface area contributed by atoms with Crippen molar-refractivity contribution in [3.05, 3.63) is 68.8 Å². The highest BCUT2D eigenvalue weighted by molar-refractivity contribution is 14.1. The first-order valence-corrected chi connectivity index (χ1v) is 11.2. The molecule has 1 aliphatic rings. The van der Waals surface area contributed by atoms with E-state index in [1.807, 2.05) is 53.4 Å². The maximum atomic E-state index is 12.8. The minimum atomic E-state index is -0.0221. The third kappa shape index (κ3) is 5.81. The van der Waals surface area contributed by atoms with E-state index >= 15 is 0 Å². The average Bonchev–Trinajstić information content (AvgIpc) is 2.72. The molecule has 4 nitrogen and oxygen atoms in total. The predicted molar refractivity (Wildman–Crippen MR) is 125 cm³/mol. The lowest BCUT2D eigenvalue weighted by Crippen LogP contribution is -2.42. The van der Waals surface area contributed by atoms with Crippen molar-refractivity contribution in [1.82, 2.24) is 10.2 Å². The van der Waals surface area contributed by atoms with Gasteiger partial charge >= 0.3 is 0 Å². The van der Waals surface area contributed by atoms with Gasteiger partial charge in [0.2, 0.25) is 5.91 Å². The van der Waals surface area contributed by atoms with Gasteiger partial charge in [0.05, 0.1) is 0 Å².